The Morgan fingerprint density at radius 2 is 2.12 bits per heavy atom. The number of aromatic nitrogens is 1. The minimum atomic E-state index is -3.47. The van der Waals surface area contributed by atoms with Crippen molar-refractivity contribution in [2.24, 2.45) is 7.05 Å². The van der Waals surface area contributed by atoms with Crippen molar-refractivity contribution in [3.63, 3.8) is 0 Å². The van der Waals surface area contributed by atoms with Gasteiger partial charge in [-0.15, -0.1) is 0 Å². The third kappa shape index (κ3) is 3.62. The molecule has 0 saturated heterocycles. The summed E-state index contributed by atoms with van der Waals surface area (Å²) in [6.45, 7) is 3.36. The van der Waals surface area contributed by atoms with Crippen LogP contribution < -0.4 is 4.72 Å². The molecule has 16 heavy (non-hydrogen) atoms. The molecule has 2 atom stereocenters. The van der Waals surface area contributed by atoms with Gasteiger partial charge in [0.25, 0.3) is 0 Å². The molecule has 1 aromatic heterocycles. The van der Waals surface area contributed by atoms with Crippen molar-refractivity contribution in [3.8, 4) is 0 Å². The first-order valence-corrected chi connectivity index (χ1v) is 6.62. The highest BCUT2D eigenvalue weighted by Crippen LogP contribution is 2.10. The Bertz CT molecular complexity index is 437. The second kappa shape index (κ2) is 4.99. The van der Waals surface area contributed by atoms with Crippen molar-refractivity contribution in [2.45, 2.75) is 37.3 Å². The zero-order valence-corrected chi connectivity index (χ0v) is 10.5. The Labute approximate surface area is 96.1 Å². The summed E-state index contributed by atoms with van der Waals surface area (Å²) in [6, 6.07) is 1.25. The first kappa shape index (κ1) is 13.2. The Morgan fingerprint density at radius 1 is 1.50 bits per heavy atom. The van der Waals surface area contributed by atoms with Crippen molar-refractivity contribution >= 4 is 10.0 Å². The second-order valence-corrected chi connectivity index (χ2v) is 5.83. The van der Waals surface area contributed by atoms with Gasteiger partial charge in [-0.3, -0.25) is 0 Å². The molecular weight excluding hydrogens is 228 g/mol. The molecule has 0 aliphatic carbocycles. The monoisotopic (exact) mass is 246 g/mol. The molecule has 0 fully saturated rings. The number of hydrogen-bond acceptors (Lipinski definition) is 3. The Kier molecular flexibility index (Phi) is 4.12. The summed E-state index contributed by atoms with van der Waals surface area (Å²) in [5.41, 5.74) is 0. The highest BCUT2D eigenvalue weighted by atomic mass is 32.2. The summed E-state index contributed by atoms with van der Waals surface area (Å²) in [5, 5.41) is 9.16. The van der Waals surface area contributed by atoms with E-state index in [1.54, 1.807) is 31.7 Å². The number of hydrogen-bond donors (Lipinski definition) is 2. The van der Waals surface area contributed by atoms with Crippen LogP contribution in [0.3, 0.4) is 0 Å². The lowest BCUT2D eigenvalue weighted by molar-refractivity contribution is 0.175. The van der Waals surface area contributed by atoms with Gasteiger partial charge in [0.15, 0.2) is 0 Å². The highest BCUT2D eigenvalue weighted by Gasteiger charge is 2.18. The lowest BCUT2D eigenvalue weighted by atomic mass is 10.2. The van der Waals surface area contributed by atoms with Gasteiger partial charge in [-0.25, -0.2) is 13.1 Å². The van der Waals surface area contributed by atoms with Crippen molar-refractivity contribution < 1.29 is 13.5 Å². The minimum Gasteiger partial charge on any atom is -0.393 e. The van der Waals surface area contributed by atoms with Gasteiger partial charge in [-0.05, 0) is 26.3 Å². The van der Waals surface area contributed by atoms with Crippen LogP contribution in [0.5, 0.6) is 0 Å². The highest BCUT2D eigenvalue weighted by molar-refractivity contribution is 7.89. The van der Waals surface area contributed by atoms with Crippen molar-refractivity contribution in [1.82, 2.24) is 9.29 Å². The van der Waals surface area contributed by atoms with Crippen molar-refractivity contribution in [2.75, 3.05) is 0 Å². The predicted molar refractivity (Wildman–Crippen MR) is 61.5 cm³/mol. The first-order valence-electron chi connectivity index (χ1n) is 5.13. The number of nitrogens with one attached hydrogen (secondary N) is 1. The minimum absolute atomic E-state index is 0.243. The van der Waals surface area contributed by atoms with Crippen molar-refractivity contribution in [1.29, 1.82) is 0 Å². The van der Waals surface area contributed by atoms with E-state index < -0.39 is 16.1 Å². The van der Waals surface area contributed by atoms with E-state index >= 15 is 0 Å². The summed E-state index contributed by atoms with van der Waals surface area (Å²) >= 11 is 0. The molecule has 92 valence electrons. The third-order valence-corrected chi connectivity index (χ3v) is 3.74. The summed E-state index contributed by atoms with van der Waals surface area (Å²) in [5.74, 6) is 0. The standard InChI is InChI=1S/C10H18N2O3S/c1-8(6-9(2)13)11-16(14,15)10-4-5-12(3)7-10/h4-5,7-9,11,13H,6H2,1-3H3. The topological polar surface area (TPSA) is 71.3 Å². The van der Waals surface area contributed by atoms with Crippen LogP contribution in [-0.2, 0) is 17.1 Å². The van der Waals surface area contributed by atoms with Crippen LogP contribution in [0.2, 0.25) is 0 Å². The molecule has 0 aliphatic rings. The third-order valence-electron chi connectivity index (χ3n) is 2.17. The molecule has 0 spiro atoms. The Morgan fingerprint density at radius 3 is 2.56 bits per heavy atom. The van der Waals surface area contributed by atoms with Gasteiger partial charge in [0.2, 0.25) is 10.0 Å². The van der Waals surface area contributed by atoms with Gasteiger partial charge in [-0.2, -0.15) is 0 Å². The van der Waals surface area contributed by atoms with E-state index in [0.717, 1.165) is 0 Å². The molecule has 6 heteroatoms. The average molecular weight is 246 g/mol. The van der Waals surface area contributed by atoms with Crippen LogP contribution in [0.15, 0.2) is 23.4 Å². The number of aryl methyl sites for hydroxylation is 1. The van der Waals surface area contributed by atoms with E-state index in [9.17, 15) is 8.42 Å². The first-order chi connectivity index (χ1) is 7.31. The molecular formula is C10H18N2O3S. The van der Waals surface area contributed by atoms with Gasteiger partial charge >= 0.3 is 0 Å². The maximum Gasteiger partial charge on any atom is 0.242 e. The lowest BCUT2D eigenvalue weighted by Gasteiger charge is -2.14. The van der Waals surface area contributed by atoms with Gasteiger partial charge in [0.1, 0.15) is 0 Å². The van der Waals surface area contributed by atoms with Crippen LogP contribution in [0.1, 0.15) is 20.3 Å². The molecule has 2 N–H and O–H groups in total. The molecule has 0 radical (unpaired) electrons. The molecule has 0 saturated carbocycles. The van der Waals surface area contributed by atoms with Gasteiger partial charge in [0, 0.05) is 25.5 Å². The van der Waals surface area contributed by atoms with Gasteiger partial charge in [-0.1, -0.05) is 0 Å². The molecule has 0 amide bonds. The SMILES string of the molecule is CC(O)CC(C)NS(=O)(=O)c1ccn(C)c1. The summed E-state index contributed by atoms with van der Waals surface area (Å²) < 4.78 is 27.9. The Balaban J connectivity index is 2.73. The average Bonchev–Trinajstić information content (AvgIpc) is 2.49. The molecule has 0 aliphatic heterocycles. The number of sulfonamides is 1. The second-order valence-electron chi connectivity index (χ2n) is 4.12. The predicted octanol–water partition coefficient (Wildman–Crippen LogP) is 0.463. The van der Waals surface area contributed by atoms with Crippen LogP contribution in [0, 0.1) is 0 Å². The summed E-state index contributed by atoms with van der Waals surface area (Å²) in [4.78, 5) is 0.243. The zero-order valence-electron chi connectivity index (χ0n) is 9.71. The summed E-state index contributed by atoms with van der Waals surface area (Å²) in [6.07, 6.45) is 3.09. The molecule has 1 rings (SSSR count). The lowest BCUT2D eigenvalue weighted by Crippen LogP contribution is -2.34. The fourth-order valence-electron chi connectivity index (χ4n) is 1.53. The van der Waals surface area contributed by atoms with E-state index in [2.05, 4.69) is 4.72 Å². The fourth-order valence-corrected chi connectivity index (χ4v) is 2.84. The quantitative estimate of drug-likeness (QED) is 0.793. The molecule has 0 aromatic carbocycles. The summed E-state index contributed by atoms with van der Waals surface area (Å²) in [7, 11) is -1.70. The van der Waals surface area contributed by atoms with E-state index in [0.29, 0.717) is 6.42 Å². The smallest absolute Gasteiger partial charge is 0.242 e. The molecule has 1 heterocycles. The van der Waals surface area contributed by atoms with Crippen LogP contribution >= 0.6 is 0 Å². The van der Waals surface area contributed by atoms with E-state index in [1.165, 1.54) is 12.3 Å². The largest absolute Gasteiger partial charge is 0.393 e. The number of nitrogens with zero attached hydrogens (tertiary/aromatic N) is 1. The van der Waals surface area contributed by atoms with Crippen LogP contribution in [0.4, 0.5) is 0 Å². The number of aliphatic hydroxyl groups excluding tert-OH is 1. The van der Waals surface area contributed by atoms with E-state index in [-0.39, 0.29) is 10.9 Å². The van der Waals surface area contributed by atoms with E-state index in [4.69, 9.17) is 5.11 Å². The van der Waals surface area contributed by atoms with Crippen LogP contribution in [0.25, 0.3) is 0 Å². The molecule has 5 nitrogen and oxygen atoms in total. The maximum atomic E-state index is 11.8. The number of rotatable bonds is 5. The maximum absolute atomic E-state index is 11.8. The Hall–Kier alpha value is -0.850. The van der Waals surface area contributed by atoms with E-state index in [1.807, 2.05) is 0 Å². The van der Waals surface area contributed by atoms with Gasteiger partial charge < -0.3 is 9.67 Å². The fraction of sp³-hybridized carbons (Fsp3) is 0.600. The molecule has 2 unspecified atom stereocenters. The number of aliphatic hydroxyl groups is 1. The van der Waals surface area contributed by atoms with Crippen LogP contribution in [-0.4, -0.2) is 30.2 Å². The normalized spacial score (nSPS) is 16.0. The molecule has 0 bridgehead atoms. The zero-order chi connectivity index (χ0) is 12.3. The van der Waals surface area contributed by atoms with Crippen molar-refractivity contribution in [3.05, 3.63) is 18.5 Å². The molecule has 1 aromatic rings. The van der Waals surface area contributed by atoms with Gasteiger partial charge in [0.05, 0.1) is 11.0 Å².